The van der Waals surface area contributed by atoms with Crippen molar-refractivity contribution < 1.29 is 0 Å². The van der Waals surface area contributed by atoms with Crippen LogP contribution in [0.15, 0.2) is 64.2 Å². The molecule has 0 bridgehead atoms. The first-order valence-corrected chi connectivity index (χ1v) is 7.58. The van der Waals surface area contributed by atoms with Gasteiger partial charge in [0.05, 0.1) is 11.6 Å². The maximum atomic E-state index is 12.1. The molecule has 0 spiro atoms. The van der Waals surface area contributed by atoms with Crippen molar-refractivity contribution in [2.75, 3.05) is 16.8 Å². The van der Waals surface area contributed by atoms with E-state index in [0.29, 0.717) is 23.5 Å². The van der Waals surface area contributed by atoms with Gasteiger partial charge in [-0.1, -0.05) is 24.3 Å². The highest BCUT2D eigenvalue weighted by Gasteiger charge is 2.26. The fraction of sp³-hybridized carbons (Fsp3) is 0.105. The summed E-state index contributed by atoms with van der Waals surface area (Å²) in [4.78, 5) is 25.9. The number of nitrogens with one attached hydrogen (secondary N) is 1. The average molecular weight is 317 g/mol. The van der Waals surface area contributed by atoms with Crippen molar-refractivity contribution in [1.82, 2.24) is 0 Å². The van der Waals surface area contributed by atoms with Gasteiger partial charge in [0.1, 0.15) is 11.4 Å². The number of benzene rings is 2. The number of rotatable bonds is 5. The fourth-order valence-corrected chi connectivity index (χ4v) is 2.64. The Balaban J connectivity index is 1.99. The van der Waals surface area contributed by atoms with E-state index in [-0.39, 0.29) is 5.69 Å². The van der Waals surface area contributed by atoms with Crippen LogP contribution < -0.4 is 21.1 Å². The van der Waals surface area contributed by atoms with Gasteiger partial charge in [-0.05, 0) is 37.3 Å². The second-order valence-electron chi connectivity index (χ2n) is 5.28. The molecule has 3 rings (SSSR count). The van der Waals surface area contributed by atoms with Crippen molar-refractivity contribution in [3.05, 3.63) is 80.6 Å². The summed E-state index contributed by atoms with van der Waals surface area (Å²) in [5.41, 5.74) is 1.52. The zero-order chi connectivity index (χ0) is 17.1. The quantitative estimate of drug-likeness (QED) is 0.732. The van der Waals surface area contributed by atoms with Crippen molar-refractivity contribution in [1.29, 1.82) is 5.26 Å². The van der Waals surface area contributed by atoms with Gasteiger partial charge in [-0.2, -0.15) is 5.26 Å². The molecular weight excluding hydrogens is 302 g/mol. The fourth-order valence-electron chi connectivity index (χ4n) is 2.64. The minimum Gasteiger partial charge on any atom is -0.350 e. The Labute approximate surface area is 139 Å². The van der Waals surface area contributed by atoms with Crippen LogP contribution >= 0.6 is 0 Å². The van der Waals surface area contributed by atoms with Crippen LogP contribution in [-0.4, -0.2) is 6.54 Å². The van der Waals surface area contributed by atoms with Crippen LogP contribution in [0.1, 0.15) is 12.5 Å². The summed E-state index contributed by atoms with van der Waals surface area (Å²) in [6, 6.07) is 18.3. The van der Waals surface area contributed by atoms with Crippen LogP contribution in [0.4, 0.5) is 22.7 Å². The van der Waals surface area contributed by atoms with Gasteiger partial charge in [0.2, 0.25) is 0 Å². The van der Waals surface area contributed by atoms with E-state index in [1.165, 1.54) is 0 Å². The molecule has 0 fully saturated rings. The number of nitrogens with zero attached hydrogens (tertiary/aromatic N) is 2. The van der Waals surface area contributed by atoms with E-state index >= 15 is 0 Å². The van der Waals surface area contributed by atoms with E-state index in [4.69, 9.17) is 5.26 Å². The van der Waals surface area contributed by atoms with E-state index < -0.39 is 10.9 Å². The molecule has 0 aliphatic rings. The first-order valence-electron chi connectivity index (χ1n) is 7.58. The van der Waals surface area contributed by atoms with E-state index in [1.807, 2.05) is 43.3 Å². The molecule has 0 amide bonds. The second kappa shape index (κ2) is 6.39. The van der Waals surface area contributed by atoms with Crippen LogP contribution in [0.2, 0.25) is 0 Å². The molecule has 118 valence electrons. The Bertz CT molecular complexity index is 980. The molecule has 3 aromatic carbocycles. The Kier molecular flexibility index (Phi) is 4.13. The zero-order valence-corrected chi connectivity index (χ0v) is 13.1. The van der Waals surface area contributed by atoms with Gasteiger partial charge in [0.25, 0.3) is 10.9 Å². The van der Waals surface area contributed by atoms with Gasteiger partial charge in [0.15, 0.2) is 0 Å². The minimum absolute atomic E-state index is 0.265. The Morgan fingerprint density at radius 3 is 2.46 bits per heavy atom. The highest BCUT2D eigenvalue weighted by molar-refractivity contribution is 5.83. The number of nitriles is 1. The van der Waals surface area contributed by atoms with Crippen LogP contribution in [0, 0.1) is 11.3 Å². The van der Waals surface area contributed by atoms with Crippen LogP contribution in [0.25, 0.3) is 0 Å². The molecular formula is C19H15N3O2. The van der Waals surface area contributed by atoms with Crippen LogP contribution in [0.5, 0.6) is 0 Å². The van der Waals surface area contributed by atoms with Crippen molar-refractivity contribution in [2.45, 2.75) is 6.92 Å². The summed E-state index contributed by atoms with van der Waals surface area (Å²) in [6.07, 6.45) is 0. The molecule has 1 N–H and O–H groups in total. The molecule has 3 aromatic rings. The Morgan fingerprint density at radius 1 is 1.04 bits per heavy atom. The summed E-state index contributed by atoms with van der Waals surface area (Å²) in [7, 11) is 0. The maximum Gasteiger partial charge on any atom is 0.253 e. The van der Waals surface area contributed by atoms with E-state index in [1.54, 1.807) is 29.2 Å². The first kappa shape index (κ1) is 15.5. The van der Waals surface area contributed by atoms with E-state index in [0.717, 1.165) is 5.69 Å². The molecule has 0 atom stereocenters. The first-order chi connectivity index (χ1) is 11.7. The highest BCUT2D eigenvalue weighted by Crippen LogP contribution is 2.30. The lowest BCUT2D eigenvalue weighted by atomic mass is 10.1. The molecule has 5 nitrogen and oxygen atoms in total. The largest absolute Gasteiger partial charge is 0.350 e. The zero-order valence-electron chi connectivity index (χ0n) is 13.1. The van der Waals surface area contributed by atoms with Gasteiger partial charge in [-0.15, -0.1) is 0 Å². The summed E-state index contributed by atoms with van der Waals surface area (Å²) in [6.45, 7) is 2.48. The number of hydrogen-bond acceptors (Lipinski definition) is 5. The van der Waals surface area contributed by atoms with Crippen molar-refractivity contribution in [3.8, 4) is 6.07 Å². The Hall–Kier alpha value is -3.39. The van der Waals surface area contributed by atoms with Crippen molar-refractivity contribution in [2.24, 2.45) is 0 Å². The van der Waals surface area contributed by atoms with Gasteiger partial charge in [-0.3, -0.25) is 9.59 Å². The van der Waals surface area contributed by atoms with Crippen LogP contribution in [-0.2, 0) is 0 Å². The molecule has 0 radical (unpaired) electrons. The minimum atomic E-state index is -0.540. The summed E-state index contributed by atoms with van der Waals surface area (Å²) < 4.78 is 0. The van der Waals surface area contributed by atoms with Crippen LogP contribution in [0.3, 0.4) is 0 Å². The van der Waals surface area contributed by atoms with Gasteiger partial charge < -0.3 is 10.2 Å². The molecule has 0 aliphatic heterocycles. The molecule has 24 heavy (non-hydrogen) atoms. The maximum absolute atomic E-state index is 12.1. The summed E-state index contributed by atoms with van der Waals surface area (Å²) in [5, 5.41) is 12.0. The van der Waals surface area contributed by atoms with Gasteiger partial charge in [0, 0.05) is 17.9 Å². The molecule has 5 heteroatoms. The van der Waals surface area contributed by atoms with Gasteiger partial charge in [-0.25, -0.2) is 0 Å². The molecule has 0 aliphatic carbocycles. The monoisotopic (exact) mass is 317 g/mol. The lowest BCUT2D eigenvalue weighted by Crippen LogP contribution is -2.40. The van der Waals surface area contributed by atoms with E-state index in [2.05, 4.69) is 5.32 Å². The molecule has 0 saturated heterocycles. The second-order valence-corrected chi connectivity index (χ2v) is 5.28. The number of para-hydroxylation sites is 1. The topological polar surface area (TPSA) is 73.2 Å². The number of anilines is 4. The predicted octanol–water partition coefficient (Wildman–Crippen LogP) is 3.06. The average Bonchev–Trinajstić information content (AvgIpc) is 2.65. The van der Waals surface area contributed by atoms with Crippen molar-refractivity contribution in [3.63, 3.8) is 0 Å². The third-order valence-corrected chi connectivity index (χ3v) is 3.80. The molecule has 0 heterocycles. The van der Waals surface area contributed by atoms with Crippen molar-refractivity contribution >= 4 is 22.7 Å². The molecule has 0 saturated carbocycles. The standard InChI is InChI=1S/C19H15N3O2/c1-2-22(15-9-4-3-5-10-15)17-16(18(23)19(17)24)21-14-8-6-7-13(11-14)12-20/h3-11,21H,2H2,1H3. The Morgan fingerprint density at radius 2 is 1.79 bits per heavy atom. The van der Waals surface area contributed by atoms with E-state index in [9.17, 15) is 9.59 Å². The SMILES string of the molecule is CCN(c1ccccc1)c1c(Nc2cccc(C#N)c2)c(=O)c1=O. The smallest absolute Gasteiger partial charge is 0.253 e. The number of hydrogen-bond donors (Lipinski definition) is 1. The normalized spacial score (nSPS) is 10.3. The van der Waals surface area contributed by atoms with Gasteiger partial charge >= 0.3 is 0 Å². The highest BCUT2D eigenvalue weighted by atomic mass is 16.2. The third-order valence-electron chi connectivity index (χ3n) is 3.80. The third kappa shape index (κ3) is 2.66. The lowest BCUT2D eigenvalue weighted by molar-refractivity contribution is 1.01. The molecule has 0 aromatic heterocycles. The predicted molar refractivity (Wildman–Crippen MR) is 94.9 cm³/mol. The summed E-state index contributed by atoms with van der Waals surface area (Å²) in [5.74, 6) is 0. The summed E-state index contributed by atoms with van der Waals surface area (Å²) >= 11 is 0. The lowest BCUT2D eigenvalue weighted by Gasteiger charge is -2.26. The molecule has 0 unspecified atom stereocenters.